The van der Waals surface area contributed by atoms with E-state index in [2.05, 4.69) is 24.5 Å². The smallest absolute Gasteiger partial charge is 0.0584 e. The lowest BCUT2D eigenvalue weighted by Gasteiger charge is -2.26. The molecule has 2 atom stereocenters. The third kappa shape index (κ3) is 5.50. The summed E-state index contributed by atoms with van der Waals surface area (Å²) in [6.07, 6.45) is 3.68. The van der Waals surface area contributed by atoms with Gasteiger partial charge in [-0.15, -0.1) is 0 Å². The SMILES string of the molecule is CC(C)CC(CO)NCC1CCCNC1. The molecule has 0 bridgehead atoms. The van der Waals surface area contributed by atoms with E-state index in [4.69, 9.17) is 0 Å². The van der Waals surface area contributed by atoms with E-state index in [-0.39, 0.29) is 12.6 Å². The largest absolute Gasteiger partial charge is 0.395 e. The molecule has 1 aliphatic rings. The third-order valence-corrected chi connectivity index (χ3v) is 3.07. The fourth-order valence-corrected chi connectivity index (χ4v) is 2.22. The molecule has 0 radical (unpaired) electrons. The molecule has 90 valence electrons. The lowest BCUT2D eigenvalue weighted by Crippen LogP contribution is -2.41. The summed E-state index contributed by atoms with van der Waals surface area (Å²) < 4.78 is 0. The zero-order valence-electron chi connectivity index (χ0n) is 10.1. The van der Waals surface area contributed by atoms with Crippen molar-refractivity contribution in [1.82, 2.24) is 10.6 Å². The molecular weight excluding hydrogens is 188 g/mol. The molecule has 1 saturated heterocycles. The van der Waals surface area contributed by atoms with Gasteiger partial charge in [0.2, 0.25) is 0 Å². The van der Waals surface area contributed by atoms with Crippen molar-refractivity contribution in [2.75, 3.05) is 26.2 Å². The van der Waals surface area contributed by atoms with Crippen molar-refractivity contribution in [3.63, 3.8) is 0 Å². The molecule has 1 fully saturated rings. The molecule has 0 aliphatic carbocycles. The Bertz CT molecular complexity index is 156. The van der Waals surface area contributed by atoms with Gasteiger partial charge in [0.1, 0.15) is 0 Å². The molecule has 2 unspecified atom stereocenters. The second-order valence-corrected chi connectivity index (χ2v) is 5.13. The molecular formula is C12H26N2O. The molecule has 1 rings (SSSR count). The standard InChI is InChI=1S/C12H26N2O/c1-10(2)6-12(9-15)14-8-11-4-3-5-13-7-11/h10-15H,3-9H2,1-2H3. The van der Waals surface area contributed by atoms with Crippen LogP contribution in [0.2, 0.25) is 0 Å². The summed E-state index contributed by atoms with van der Waals surface area (Å²) in [5.74, 6) is 1.40. The first kappa shape index (κ1) is 12.9. The summed E-state index contributed by atoms with van der Waals surface area (Å²) >= 11 is 0. The van der Waals surface area contributed by atoms with Crippen LogP contribution >= 0.6 is 0 Å². The van der Waals surface area contributed by atoms with E-state index in [1.807, 2.05) is 0 Å². The second-order valence-electron chi connectivity index (χ2n) is 5.13. The highest BCUT2D eigenvalue weighted by atomic mass is 16.3. The Kier molecular flexibility index (Phi) is 6.22. The van der Waals surface area contributed by atoms with E-state index in [1.54, 1.807) is 0 Å². The Morgan fingerprint density at radius 2 is 2.27 bits per heavy atom. The Hall–Kier alpha value is -0.120. The monoisotopic (exact) mass is 214 g/mol. The second kappa shape index (κ2) is 7.20. The van der Waals surface area contributed by atoms with Gasteiger partial charge in [0.05, 0.1) is 6.61 Å². The van der Waals surface area contributed by atoms with Crippen LogP contribution in [0.4, 0.5) is 0 Å². The Labute approximate surface area is 93.6 Å². The van der Waals surface area contributed by atoms with Crippen LogP contribution in [-0.4, -0.2) is 37.4 Å². The molecule has 1 aliphatic heterocycles. The van der Waals surface area contributed by atoms with Gasteiger partial charge in [0.25, 0.3) is 0 Å². The normalized spacial score (nSPS) is 24.4. The Balaban J connectivity index is 2.14. The Morgan fingerprint density at radius 1 is 1.47 bits per heavy atom. The van der Waals surface area contributed by atoms with Crippen LogP contribution in [0.15, 0.2) is 0 Å². The molecule has 3 nitrogen and oxygen atoms in total. The summed E-state index contributed by atoms with van der Waals surface area (Å²) in [5, 5.41) is 16.1. The predicted molar refractivity (Wildman–Crippen MR) is 63.9 cm³/mol. The van der Waals surface area contributed by atoms with Crippen molar-refractivity contribution in [3.8, 4) is 0 Å². The molecule has 3 N–H and O–H groups in total. The third-order valence-electron chi connectivity index (χ3n) is 3.07. The maximum Gasteiger partial charge on any atom is 0.0584 e. The average molecular weight is 214 g/mol. The maximum atomic E-state index is 9.23. The van der Waals surface area contributed by atoms with Gasteiger partial charge >= 0.3 is 0 Å². The van der Waals surface area contributed by atoms with Crippen LogP contribution in [-0.2, 0) is 0 Å². The molecule has 3 heteroatoms. The first-order valence-corrected chi connectivity index (χ1v) is 6.27. The minimum Gasteiger partial charge on any atom is -0.395 e. The van der Waals surface area contributed by atoms with Gasteiger partial charge in [0.15, 0.2) is 0 Å². The van der Waals surface area contributed by atoms with Crippen LogP contribution < -0.4 is 10.6 Å². The first-order chi connectivity index (χ1) is 7.22. The number of aliphatic hydroxyl groups is 1. The van der Waals surface area contributed by atoms with Crippen LogP contribution in [0.3, 0.4) is 0 Å². The number of nitrogens with one attached hydrogen (secondary N) is 2. The Morgan fingerprint density at radius 3 is 2.80 bits per heavy atom. The maximum absolute atomic E-state index is 9.23. The number of rotatable bonds is 6. The van der Waals surface area contributed by atoms with Crippen LogP contribution in [0.5, 0.6) is 0 Å². The van der Waals surface area contributed by atoms with Gasteiger partial charge in [0, 0.05) is 6.04 Å². The quantitative estimate of drug-likeness (QED) is 0.617. The van der Waals surface area contributed by atoms with Gasteiger partial charge in [-0.25, -0.2) is 0 Å². The number of aliphatic hydroxyl groups excluding tert-OH is 1. The summed E-state index contributed by atoms with van der Waals surface area (Å²) in [6, 6.07) is 0.284. The highest BCUT2D eigenvalue weighted by Gasteiger charge is 2.15. The van der Waals surface area contributed by atoms with Crippen LogP contribution in [0, 0.1) is 11.8 Å². The van der Waals surface area contributed by atoms with E-state index in [9.17, 15) is 5.11 Å². The highest BCUT2D eigenvalue weighted by Crippen LogP contribution is 2.10. The molecule has 0 amide bonds. The van der Waals surface area contributed by atoms with E-state index >= 15 is 0 Å². The average Bonchev–Trinajstić information content (AvgIpc) is 2.25. The van der Waals surface area contributed by atoms with Crippen LogP contribution in [0.1, 0.15) is 33.1 Å². The zero-order chi connectivity index (χ0) is 11.1. The van der Waals surface area contributed by atoms with Gasteiger partial charge in [-0.1, -0.05) is 13.8 Å². The summed E-state index contributed by atoms with van der Waals surface area (Å²) in [5.41, 5.74) is 0. The molecule has 0 aromatic rings. The van der Waals surface area contributed by atoms with Crippen molar-refractivity contribution in [1.29, 1.82) is 0 Å². The van der Waals surface area contributed by atoms with E-state index in [0.29, 0.717) is 5.92 Å². The van der Waals surface area contributed by atoms with Crippen molar-refractivity contribution >= 4 is 0 Å². The predicted octanol–water partition coefficient (Wildman–Crippen LogP) is 0.983. The number of hydrogen-bond donors (Lipinski definition) is 3. The van der Waals surface area contributed by atoms with Crippen molar-refractivity contribution < 1.29 is 5.11 Å². The van der Waals surface area contributed by atoms with E-state index < -0.39 is 0 Å². The molecule has 15 heavy (non-hydrogen) atoms. The highest BCUT2D eigenvalue weighted by molar-refractivity contribution is 4.74. The fourth-order valence-electron chi connectivity index (χ4n) is 2.22. The lowest BCUT2D eigenvalue weighted by molar-refractivity contribution is 0.214. The summed E-state index contributed by atoms with van der Waals surface area (Å²) in [4.78, 5) is 0. The van der Waals surface area contributed by atoms with Gasteiger partial charge in [-0.3, -0.25) is 0 Å². The zero-order valence-corrected chi connectivity index (χ0v) is 10.1. The van der Waals surface area contributed by atoms with Gasteiger partial charge < -0.3 is 15.7 Å². The van der Waals surface area contributed by atoms with E-state index in [0.717, 1.165) is 25.4 Å². The molecule has 0 aromatic carbocycles. The molecule has 0 spiro atoms. The summed E-state index contributed by atoms with van der Waals surface area (Å²) in [6.45, 7) is 8.01. The van der Waals surface area contributed by atoms with Gasteiger partial charge in [-0.2, -0.15) is 0 Å². The fraction of sp³-hybridized carbons (Fsp3) is 1.00. The molecule has 0 aromatic heterocycles. The molecule has 0 saturated carbocycles. The topological polar surface area (TPSA) is 44.3 Å². The van der Waals surface area contributed by atoms with Crippen molar-refractivity contribution in [2.45, 2.75) is 39.2 Å². The lowest BCUT2D eigenvalue weighted by atomic mass is 9.98. The first-order valence-electron chi connectivity index (χ1n) is 6.27. The number of hydrogen-bond acceptors (Lipinski definition) is 3. The van der Waals surface area contributed by atoms with Gasteiger partial charge in [-0.05, 0) is 50.7 Å². The van der Waals surface area contributed by atoms with Crippen molar-refractivity contribution in [2.24, 2.45) is 11.8 Å². The summed E-state index contributed by atoms with van der Waals surface area (Å²) in [7, 11) is 0. The number of piperidine rings is 1. The van der Waals surface area contributed by atoms with Crippen molar-refractivity contribution in [3.05, 3.63) is 0 Å². The van der Waals surface area contributed by atoms with Crippen LogP contribution in [0.25, 0.3) is 0 Å². The van der Waals surface area contributed by atoms with E-state index in [1.165, 1.54) is 19.4 Å². The minimum atomic E-state index is 0.262. The minimum absolute atomic E-state index is 0.262. The molecule has 1 heterocycles.